The first-order chi connectivity index (χ1) is 15.7. The van der Waals surface area contributed by atoms with Gasteiger partial charge in [0, 0.05) is 39.1 Å². The summed E-state index contributed by atoms with van der Waals surface area (Å²) < 4.78 is 127. The molecule has 0 fully saturated rings. The van der Waals surface area contributed by atoms with Crippen molar-refractivity contribution in [3.05, 3.63) is 52.2 Å². The minimum atomic E-state index is -3.42. The highest BCUT2D eigenvalue weighted by molar-refractivity contribution is 5.64. The van der Waals surface area contributed by atoms with Gasteiger partial charge in [0.1, 0.15) is 7.05 Å². The van der Waals surface area contributed by atoms with E-state index in [0.717, 1.165) is 24.4 Å². The summed E-state index contributed by atoms with van der Waals surface area (Å²) in [5, 5.41) is 0. The summed E-state index contributed by atoms with van der Waals surface area (Å²) in [7, 11) is 1.43. The summed E-state index contributed by atoms with van der Waals surface area (Å²) in [6, 6.07) is 3.13. The maximum atomic E-state index is 8.50. The second-order valence-corrected chi connectivity index (χ2v) is 4.68. The maximum absolute atomic E-state index is 8.50. The lowest BCUT2D eigenvalue weighted by molar-refractivity contribution is -0.660. The fourth-order valence-electron chi connectivity index (χ4n) is 2.11. The molecule has 1 nitrogen and oxygen atoms in total. The van der Waals surface area contributed by atoms with Crippen LogP contribution in [0.4, 0.5) is 0 Å². The van der Waals surface area contributed by atoms with Gasteiger partial charge in [-0.25, -0.2) is 4.57 Å². The summed E-state index contributed by atoms with van der Waals surface area (Å²) >= 11 is 0. The number of hydrogen-bond donors (Lipinski definition) is 0. The third-order valence-electron chi connectivity index (χ3n) is 3.18. The summed E-state index contributed by atoms with van der Waals surface area (Å²) in [6.07, 6.45) is 1.10. The third-order valence-corrected chi connectivity index (χ3v) is 3.18. The van der Waals surface area contributed by atoms with Gasteiger partial charge < -0.3 is 0 Å². The van der Waals surface area contributed by atoms with E-state index in [4.69, 9.17) is 21.9 Å². The lowest BCUT2D eigenvalue weighted by Gasteiger charge is -2.14. The van der Waals surface area contributed by atoms with Crippen LogP contribution < -0.4 is 4.57 Å². The Morgan fingerprint density at radius 1 is 1.00 bits per heavy atom. The van der Waals surface area contributed by atoms with Gasteiger partial charge in [0.25, 0.3) is 0 Å². The van der Waals surface area contributed by atoms with Crippen molar-refractivity contribution in [2.75, 3.05) is 0 Å². The Morgan fingerprint density at radius 3 is 2.40 bits per heavy atom. The molecule has 0 unspecified atom stereocenters. The lowest BCUT2D eigenvalue weighted by atomic mass is 9.91. The molecule has 2 rings (SSSR count). The predicted molar refractivity (Wildman–Crippen MR) is 86.1 cm³/mol. The van der Waals surface area contributed by atoms with Crippen molar-refractivity contribution < 1.29 is 26.5 Å². The number of aryl methyl sites for hydroxylation is 5. The van der Waals surface area contributed by atoms with Crippen LogP contribution in [0.15, 0.2) is 24.4 Å². The molecule has 0 bridgehead atoms. The molecule has 1 heteroatoms. The number of benzene rings is 1. The fraction of sp³-hybridized carbons (Fsp3) is 0.421. The second-order valence-electron chi connectivity index (χ2n) is 4.68. The largest absolute Gasteiger partial charge is 0.212 e. The van der Waals surface area contributed by atoms with Crippen LogP contribution in [-0.4, -0.2) is 0 Å². The van der Waals surface area contributed by atoms with Crippen molar-refractivity contribution in [1.82, 2.24) is 0 Å². The molecule has 1 heterocycles. The molecule has 0 spiro atoms. The standard InChI is InChI=1S/C19H26N/c1-12(2)17-8-15(5)18(9-14(17)4)19-10-13(3)16(6)11-20(19)7/h8-12H,1-7H3/q+1/i1D3,2D3,3D3,4D3,6D3,12D. The molecule has 0 N–H and O–H groups in total. The van der Waals surface area contributed by atoms with E-state index < -0.39 is 62.4 Å². The number of rotatable bonds is 2. The molecule has 0 aliphatic carbocycles. The maximum Gasteiger partial charge on any atom is 0.212 e. The highest BCUT2D eigenvalue weighted by atomic mass is 14.9. The minimum Gasteiger partial charge on any atom is -0.201 e. The average Bonchev–Trinajstić information content (AvgIpc) is 2.62. The second kappa shape index (κ2) is 5.40. The lowest BCUT2D eigenvalue weighted by Crippen LogP contribution is -2.31. The molecule has 106 valence electrons. The normalized spacial score (nSPS) is 26.7. The molecule has 0 saturated heterocycles. The molecule has 0 aliphatic rings. The summed E-state index contributed by atoms with van der Waals surface area (Å²) in [5.74, 6) is -3.27. The zero-order chi connectivity index (χ0) is 28.4. The quantitative estimate of drug-likeness (QED) is 0.713. The zero-order valence-electron chi connectivity index (χ0n) is 27.3. The van der Waals surface area contributed by atoms with E-state index in [1.807, 2.05) is 0 Å². The van der Waals surface area contributed by atoms with E-state index in [1.54, 1.807) is 0 Å². The number of pyridine rings is 1. The Labute approximate surface area is 145 Å². The fourth-order valence-corrected chi connectivity index (χ4v) is 2.11. The average molecular weight is 285 g/mol. The number of hydrogen-bond acceptors (Lipinski definition) is 0. The molecular weight excluding hydrogens is 242 g/mol. The van der Waals surface area contributed by atoms with Gasteiger partial charge in [0.05, 0.1) is 0 Å². The van der Waals surface area contributed by atoms with Gasteiger partial charge in [-0.15, -0.1) is 0 Å². The molecule has 0 aliphatic heterocycles. The number of nitrogens with zero attached hydrogens (tertiary/aromatic N) is 1. The Balaban J connectivity index is 3.05. The van der Waals surface area contributed by atoms with Crippen molar-refractivity contribution in [2.45, 2.75) is 47.1 Å². The van der Waals surface area contributed by atoms with Gasteiger partial charge in [-0.05, 0) is 61.7 Å². The topological polar surface area (TPSA) is 3.88 Å². The third kappa shape index (κ3) is 2.63. The summed E-state index contributed by atoms with van der Waals surface area (Å²) in [4.78, 5) is 0. The van der Waals surface area contributed by atoms with E-state index in [0.29, 0.717) is 0 Å². The first-order valence-corrected chi connectivity index (χ1v) is 5.95. The molecule has 0 atom stereocenters. The van der Waals surface area contributed by atoms with Gasteiger partial charge in [-0.2, -0.15) is 0 Å². The van der Waals surface area contributed by atoms with Crippen LogP contribution in [0.25, 0.3) is 11.3 Å². The number of aromatic nitrogens is 1. The smallest absolute Gasteiger partial charge is 0.201 e. The molecule has 2 aromatic rings. The summed E-state index contributed by atoms with van der Waals surface area (Å²) in [5.41, 5.74) is -1.95. The Kier molecular flexibility index (Phi) is 1.20. The van der Waals surface area contributed by atoms with Crippen LogP contribution in [0.5, 0.6) is 0 Å². The van der Waals surface area contributed by atoms with E-state index in [9.17, 15) is 0 Å². The van der Waals surface area contributed by atoms with Crippen molar-refractivity contribution in [2.24, 2.45) is 7.05 Å². The zero-order valence-corrected chi connectivity index (χ0v) is 11.3. The monoisotopic (exact) mass is 284 g/mol. The predicted octanol–water partition coefficient (Wildman–Crippen LogP) is 4.54. The van der Waals surface area contributed by atoms with Gasteiger partial charge >= 0.3 is 0 Å². The van der Waals surface area contributed by atoms with E-state index in [-0.39, 0.29) is 16.8 Å². The first kappa shape index (κ1) is 4.43. The van der Waals surface area contributed by atoms with Gasteiger partial charge in [-0.1, -0.05) is 19.8 Å². The molecule has 0 radical (unpaired) electrons. The Morgan fingerprint density at radius 2 is 1.75 bits per heavy atom. The van der Waals surface area contributed by atoms with Gasteiger partial charge in [0.15, 0.2) is 6.20 Å². The van der Waals surface area contributed by atoms with Crippen LogP contribution in [0.1, 0.15) is 69.3 Å². The molecule has 0 saturated carbocycles. The highest BCUT2D eigenvalue weighted by Crippen LogP contribution is 2.28. The van der Waals surface area contributed by atoms with Crippen molar-refractivity contribution >= 4 is 0 Å². The molecular formula is C19H26N+. The highest BCUT2D eigenvalue weighted by Gasteiger charge is 2.16. The van der Waals surface area contributed by atoms with Crippen LogP contribution in [0, 0.1) is 27.5 Å². The van der Waals surface area contributed by atoms with Gasteiger partial charge in [0.2, 0.25) is 5.69 Å². The van der Waals surface area contributed by atoms with Crippen LogP contribution in [-0.2, 0) is 7.05 Å². The molecule has 1 aromatic carbocycles. The SMILES string of the molecule is [2H]C([2H])([2H])c1cc(-c2cc(C([2H])([2H])[2H])c(C([2H])(C([2H])([2H])[2H])C([2H])([2H])[2H])cc2C)[n+](C)cc1C([2H])([2H])[2H]. The first-order valence-electron chi connectivity index (χ1n) is 13.9. The summed E-state index contributed by atoms with van der Waals surface area (Å²) in [6.45, 7) is -14.0. The van der Waals surface area contributed by atoms with Crippen molar-refractivity contribution in [3.63, 3.8) is 0 Å². The van der Waals surface area contributed by atoms with Crippen LogP contribution >= 0.6 is 0 Å². The minimum absolute atomic E-state index is 0.0991. The molecule has 0 amide bonds. The Hall–Kier alpha value is -1.63. The Bertz CT molecular complexity index is 1130. The molecule has 20 heavy (non-hydrogen) atoms. The van der Waals surface area contributed by atoms with E-state index in [2.05, 4.69) is 0 Å². The van der Waals surface area contributed by atoms with E-state index >= 15 is 0 Å². The van der Waals surface area contributed by atoms with E-state index in [1.165, 1.54) is 18.5 Å². The van der Waals surface area contributed by atoms with Crippen LogP contribution in [0.3, 0.4) is 0 Å². The van der Waals surface area contributed by atoms with Crippen molar-refractivity contribution in [3.8, 4) is 11.3 Å². The molecule has 1 aromatic heterocycles. The van der Waals surface area contributed by atoms with Crippen LogP contribution in [0.2, 0.25) is 0 Å². The van der Waals surface area contributed by atoms with Gasteiger partial charge in [-0.3, -0.25) is 0 Å². The van der Waals surface area contributed by atoms with Crippen molar-refractivity contribution in [1.29, 1.82) is 0 Å².